The molecule has 12 nitrogen and oxygen atoms in total. The molecule has 40 heavy (non-hydrogen) atoms. The van der Waals surface area contributed by atoms with Gasteiger partial charge in [0, 0.05) is 63.4 Å². The van der Waals surface area contributed by atoms with Crippen molar-refractivity contribution in [2.45, 2.75) is 18.6 Å². The molecule has 1 unspecified atom stereocenters. The minimum Gasteiger partial charge on any atom is -0.374 e. The van der Waals surface area contributed by atoms with Crippen molar-refractivity contribution in [3.05, 3.63) is 72.6 Å². The molecule has 2 N–H and O–H groups in total. The van der Waals surface area contributed by atoms with E-state index < -0.39 is 5.92 Å². The monoisotopic (exact) mass is 549 g/mol. The van der Waals surface area contributed by atoms with Crippen LogP contribution in [0.15, 0.2) is 61.4 Å². The van der Waals surface area contributed by atoms with Gasteiger partial charge in [0.15, 0.2) is 0 Å². The maximum Gasteiger partial charge on any atom is 0.301 e. The molecule has 14 heteroatoms. The van der Waals surface area contributed by atoms with Gasteiger partial charge in [-0.15, -0.1) is 0 Å². The summed E-state index contributed by atoms with van der Waals surface area (Å²) >= 11 is 0. The SMILES string of the molecule is FC(F)(c1ccccc1)c1cnc(N2CCN(c3ncnc(Nc4cnn(CC5CNCCO5)c4)n3)CC2)nc1. The number of benzene rings is 1. The van der Waals surface area contributed by atoms with Gasteiger partial charge in [0.1, 0.15) is 6.33 Å². The van der Waals surface area contributed by atoms with Gasteiger partial charge in [-0.1, -0.05) is 30.3 Å². The molecule has 6 rings (SSSR count). The van der Waals surface area contributed by atoms with E-state index in [4.69, 9.17) is 4.74 Å². The summed E-state index contributed by atoms with van der Waals surface area (Å²) in [6.45, 7) is 5.44. The van der Waals surface area contributed by atoms with Crippen molar-refractivity contribution in [2.75, 3.05) is 61.0 Å². The number of nitrogens with one attached hydrogen (secondary N) is 2. The highest BCUT2D eigenvalue weighted by atomic mass is 19.3. The molecule has 1 atom stereocenters. The molecule has 2 saturated heterocycles. The highest BCUT2D eigenvalue weighted by Gasteiger charge is 2.35. The lowest BCUT2D eigenvalue weighted by Crippen LogP contribution is -2.47. The van der Waals surface area contributed by atoms with E-state index in [0.717, 1.165) is 18.8 Å². The molecule has 5 heterocycles. The van der Waals surface area contributed by atoms with Crippen LogP contribution in [0.4, 0.5) is 32.3 Å². The van der Waals surface area contributed by atoms with Crippen molar-refractivity contribution in [1.82, 2.24) is 40.0 Å². The van der Waals surface area contributed by atoms with E-state index in [0.29, 0.717) is 57.2 Å². The Morgan fingerprint density at radius 3 is 2.40 bits per heavy atom. The number of rotatable bonds is 8. The van der Waals surface area contributed by atoms with E-state index in [9.17, 15) is 8.78 Å². The van der Waals surface area contributed by atoms with Gasteiger partial charge in [-0.3, -0.25) is 4.68 Å². The second kappa shape index (κ2) is 11.4. The number of morpholine rings is 1. The number of halogens is 2. The first kappa shape index (κ1) is 26.0. The van der Waals surface area contributed by atoms with Crippen molar-refractivity contribution in [1.29, 1.82) is 0 Å². The predicted octanol–water partition coefficient (Wildman–Crippen LogP) is 2.06. The fourth-order valence-corrected chi connectivity index (χ4v) is 4.67. The van der Waals surface area contributed by atoms with Gasteiger partial charge in [-0.25, -0.2) is 19.9 Å². The van der Waals surface area contributed by atoms with Crippen molar-refractivity contribution in [2.24, 2.45) is 0 Å². The summed E-state index contributed by atoms with van der Waals surface area (Å²) in [5.41, 5.74) is 0.437. The first-order valence-corrected chi connectivity index (χ1v) is 13.1. The molecule has 2 fully saturated rings. The van der Waals surface area contributed by atoms with Crippen molar-refractivity contribution in [3.63, 3.8) is 0 Å². The normalized spacial score (nSPS) is 18.1. The van der Waals surface area contributed by atoms with Crippen LogP contribution in [0.25, 0.3) is 0 Å². The predicted molar refractivity (Wildman–Crippen MR) is 144 cm³/mol. The molecular formula is C26H29F2N11O. The Kier molecular flexibility index (Phi) is 7.42. The fourth-order valence-electron chi connectivity index (χ4n) is 4.67. The molecule has 0 saturated carbocycles. The van der Waals surface area contributed by atoms with Crippen LogP contribution in [0.2, 0.25) is 0 Å². The summed E-state index contributed by atoms with van der Waals surface area (Å²) in [5.74, 6) is -1.79. The molecular weight excluding hydrogens is 520 g/mol. The number of hydrogen-bond donors (Lipinski definition) is 2. The van der Waals surface area contributed by atoms with Crippen LogP contribution < -0.4 is 20.4 Å². The average Bonchev–Trinajstić information content (AvgIpc) is 3.44. The van der Waals surface area contributed by atoms with Gasteiger partial charge in [-0.2, -0.15) is 18.9 Å². The second-order valence-electron chi connectivity index (χ2n) is 9.57. The zero-order valence-electron chi connectivity index (χ0n) is 21.7. The number of alkyl halides is 2. The number of aromatic nitrogens is 7. The lowest BCUT2D eigenvalue weighted by Gasteiger charge is -2.34. The van der Waals surface area contributed by atoms with Crippen LogP contribution in [0.5, 0.6) is 0 Å². The smallest absolute Gasteiger partial charge is 0.301 e. The van der Waals surface area contributed by atoms with Gasteiger partial charge >= 0.3 is 5.92 Å². The standard InChI is InChI=1S/C26H29F2N11O/c27-26(28,19-4-2-1-3-5-19)20-12-30-24(31-13-20)37-7-9-38(10-8-37)25-33-18-32-23(36-25)35-21-14-34-39(16-21)17-22-15-29-6-11-40-22/h1-5,12-14,16,18,22,29H,6-11,15,17H2,(H,32,33,35,36). The van der Waals surface area contributed by atoms with Crippen molar-refractivity contribution >= 4 is 23.5 Å². The van der Waals surface area contributed by atoms with Gasteiger partial charge in [0.25, 0.3) is 0 Å². The van der Waals surface area contributed by atoms with E-state index in [1.165, 1.54) is 30.9 Å². The largest absolute Gasteiger partial charge is 0.374 e. The number of anilines is 4. The van der Waals surface area contributed by atoms with Crippen LogP contribution in [-0.4, -0.2) is 86.7 Å². The third-order valence-corrected chi connectivity index (χ3v) is 6.83. The third kappa shape index (κ3) is 5.82. The van der Waals surface area contributed by atoms with Gasteiger partial charge in [-0.05, 0) is 0 Å². The summed E-state index contributed by atoms with van der Waals surface area (Å²) in [6, 6.07) is 7.67. The zero-order chi connectivity index (χ0) is 27.4. The molecule has 208 valence electrons. The maximum atomic E-state index is 14.8. The highest BCUT2D eigenvalue weighted by molar-refractivity contribution is 5.51. The van der Waals surface area contributed by atoms with E-state index in [2.05, 4.69) is 40.7 Å². The van der Waals surface area contributed by atoms with Crippen LogP contribution in [0.1, 0.15) is 11.1 Å². The maximum absolute atomic E-state index is 14.8. The summed E-state index contributed by atoms with van der Waals surface area (Å²) in [6.07, 6.45) is 7.57. The van der Waals surface area contributed by atoms with Crippen molar-refractivity contribution < 1.29 is 13.5 Å². The minimum atomic E-state index is -3.16. The van der Waals surface area contributed by atoms with E-state index in [1.54, 1.807) is 24.4 Å². The Morgan fingerprint density at radius 1 is 0.925 bits per heavy atom. The number of ether oxygens (including phenoxy) is 1. The van der Waals surface area contributed by atoms with E-state index in [-0.39, 0.29) is 17.2 Å². The topological polar surface area (TPSA) is 122 Å². The average molecular weight is 550 g/mol. The highest BCUT2D eigenvalue weighted by Crippen LogP contribution is 2.35. The summed E-state index contributed by atoms with van der Waals surface area (Å²) in [7, 11) is 0. The quantitative estimate of drug-likeness (QED) is 0.336. The number of hydrogen-bond acceptors (Lipinski definition) is 11. The van der Waals surface area contributed by atoms with E-state index >= 15 is 0 Å². The molecule has 0 aliphatic carbocycles. The van der Waals surface area contributed by atoms with Crippen molar-refractivity contribution in [3.8, 4) is 0 Å². The molecule has 0 spiro atoms. The van der Waals surface area contributed by atoms with Crippen LogP contribution in [0.3, 0.4) is 0 Å². The van der Waals surface area contributed by atoms with Gasteiger partial charge < -0.3 is 25.2 Å². The first-order valence-electron chi connectivity index (χ1n) is 13.1. The Bertz CT molecular complexity index is 1390. The third-order valence-electron chi connectivity index (χ3n) is 6.83. The Morgan fingerprint density at radius 2 is 1.68 bits per heavy atom. The van der Waals surface area contributed by atoms with Crippen LogP contribution in [0, 0.1) is 0 Å². The summed E-state index contributed by atoms with van der Waals surface area (Å²) in [5, 5.41) is 10.9. The second-order valence-corrected chi connectivity index (χ2v) is 9.57. The molecule has 2 aliphatic heterocycles. The molecule has 4 aromatic rings. The molecule has 0 bridgehead atoms. The Labute approximate surface area is 229 Å². The first-order chi connectivity index (χ1) is 19.5. The Hall–Kier alpha value is -4.30. The lowest BCUT2D eigenvalue weighted by atomic mass is 10.0. The van der Waals surface area contributed by atoms with Crippen LogP contribution in [-0.2, 0) is 17.2 Å². The van der Waals surface area contributed by atoms with E-state index in [1.807, 2.05) is 20.7 Å². The minimum absolute atomic E-state index is 0.0857. The summed E-state index contributed by atoms with van der Waals surface area (Å²) in [4.78, 5) is 25.6. The Balaban J connectivity index is 1.04. The number of nitrogens with zero attached hydrogens (tertiary/aromatic N) is 9. The molecule has 0 amide bonds. The van der Waals surface area contributed by atoms with Crippen LogP contribution >= 0.6 is 0 Å². The van der Waals surface area contributed by atoms with Gasteiger partial charge in [0.05, 0.1) is 36.7 Å². The lowest BCUT2D eigenvalue weighted by molar-refractivity contribution is 0.0161. The molecule has 3 aromatic heterocycles. The fraction of sp³-hybridized carbons (Fsp3) is 0.385. The molecule has 0 radical (unpaired) electrons. The van der Waals surface area contributed by atoms with Gasteiger partial charge in [0.2, 0.25) is 17.8 Å². The summed E-state index contributed by atoms with van der Waals surface area (Å²) < 4.78 is 37.2. The zero-order valence-corrected chi connectivity index (χ0v) is 21.7. The number of piperazine rings is 1. The molecule has 1 aromatic carbocycles. The molecule has 2 aliphatic rings.